The summed E-state index contributed by atoms with van der Waals surface area (Å²) >= 11 is 0. The Morgan fingerprint density at radius 3 is 2.59 bits per heavy atom. The van der Waals surface area contributed by atoms with Gasteiger partial charge in [-0.1, -0.05) is 0 Å². The molecule has 2 aromatic rings. The van der Waals surface area contributed by atoms with Gasteiger partial charge in [-0.3, -0.25) is 9.59 Å². The van der Waals surface area contributed by atoms with Crippen LogP contribution in [-0.4, -0.2) is 19.2 Å². The molecule has 4 nitrogen and oxygen atoms in total. The van der Waals surface area contributed by atoms with Gasteiger partial charge in [0.1, 0.15) is 30.2 Å². The smallest absolute Gasteiger partial charge is 0.162 e. The number of carbonyl (C=O) groups excluding carboxylic acids is 2. The van der Waals surface area contributed by atoms with Gasteiger partial charge in [0.15, 0.2) is 5.78 Å². The molecule has 0 aliphatic heterocycles. The fraction of sp³-hybridized carbons (Fsp3) is 0.176. The number of ether oxygens (including phenoxy) is 2. The van der Waals surface area contributed by atoms with Crippen LogP contribution >= 0.6 is 0 Å². The number of aldehydes is 1. The lowest BCUT2D eigenvalue weighted by Crippen LogP contribution is -2.02. The van der Waals surface area contributed by atoms with Crippen molar-refractivity contribution in [1.29, 1.82) is 0 Å². The van der Waals surface area contributed by atoms with Crippen LogP contribution in [0, 0.1) is 5.82 Å². The molecule has 5 heteroatoms. The van der Waals surface area contributed by atoms with Gasteiger partial charge in [-0.2, -0.15) is 0 Å². The molecule has 0 aliphatic rings. The van der Waals surface area contributed by atoms with Gasteiger partial charge >= 0.3 is 0 Å². The second kappa shape index (κ2) is 6.85. The van der Waals surface area contributed by atoms with Crippen LogP contribution in [0.2, 0.25) is 0 Å². The van der Waals surface area contributed by atoms with Gasteiger partial charge in [-0.05, 0) is 37.3 Å². The van der Waals surface area contributed by atoms with Gasteiger partial charge < -0.3 is 9.47 Å². The zero-order chi connectivity index (χ0) is 16.1. The molecule has 0 N–H and O–H groups in total. The number of halogens is 1. The maximum Gasteiger partial charge on any atom is 0.162 e. The first-order valence-corrected chi connectivity index (χ1v) is 6.60. The quantitative estimate of drug-likeness (QED) is 0.606. The molecular weight excluding hydrogens is 287 g/mol. The number of methoxy groups -OCH3 is 1. The second-order valence-electron chi connectivity index (χ2n) is 4.68. The molecule has 0 spiro atoms. The Labute approximate surface area is 127 Å². The molecule has 0 radical (unpaired) electrons. The maximum absolute atomic E-state index is 13.7. The minimum Gasteiger partial charge on any atom is -0.496 e. The summed E-state index contributed by atoms with van der Waals surface area (Å²) in [5, 5.41) is 0. The molecule has 0 saturated heterocycles. The Morgan fingerprint density at radius 1 is 1.23 bits per heavy atom. The van der Waals surface area contributed by atoms with Crippen molar-refractivity contribution in [3.05, 3.63) is 58.9 Å². The largest absolute Gasteiger partial charge is 0.496 e. The molecule has 0 fully saturated rings. The minimum atomic E-state index is -0.626. The van der Waals surface area contributed by atoms with Crippen molar-refractivity contribution in [2.24, 2.45) is 0 Å². The summed E-state index contributed by atoms with van der Waals surface area (Å²) in [5.41, 5.74) is 1.19. The molecule has 0 bridgehead atoms. The Balaban J connectivity index is 2.18. The summed E-state index contributed by atoms with van der Waals surface area (Å²) in [6.45, 7) is 1.42. The highest BCUT2D eigenvalue weighted by Gasteiger charge is 2.10. The molecule has 0 aliphatic carbocycles. The topological polar surface area (TPSA) is 52.6 Å². The fourth-order valence-corrected chi connectivity index (χ4v) is 2.02. The van der Waals surface area contributed by atoms with E-state index in [1.54, 1.807) is 18.2 Å². The van der Waals surface area contributed by atoms with E-state index in [0.29, 0.717) is 22.6 Å². The van der Waals surface area contributed by atoms with E-state index < -0.39 is 5.82 Å². The number of ketones is 1. The Hall–Kier alpha value is -2.69. The highest BCUT2D eigenvalue weighted by atomic mass is 19.1. The van der Waals surface area contributed by atoms with Crippen LogP contribution in [0.15, 0.2) is 36.4 Å². The lowest BCUT2D eigenvalue weighted by molar-refractivity contribution is 0.101. The monoisotopic (exact) mass is 302 g/mol. The van der Waals surface area contributed by atoms with E-state index in [1.807, 2.05) is 0 Å². The number of Topliss-reactive ketones (excluding diaryl/α,β-unsaturated/α-hetero) is 1. The van der Waals surface area contributed by atoms with Crippen LogP contribution in [-0.2, 0) is 6.61 Å². The van der Waals surface area contributed by atoms with Gasteiger partial charge in [0.05, 0.1) is 12.7 Å². The van der Waals surface area contributed by atoms with Crippen LogP contribution in [0.1, 0.15) is 33.2 Å². The van der Waals surface area contributed by atoms with Crippen molar-refractivity contribution in [2.45, 2.75) is 13.5 Å². The fourth-order valence-electron chi connectivity index (χ4n) is 2.02. The summed E-state index contributed by atoms with van der Waals surface area (Å²) in [4.78, 5) is 22.0. The normalized spacial score (nSPS) is 10.1. The van der Waals surface area contributed by atoms with Crippen molar-refractivity contribution in [3.63, 3.8) is 0 Å². The SMILES string of the molecule is COc1ccc(C=O)cc1COc1ccc(C(C)=O)c(F)c1. The van der Waals surface area contributed by atoms with E-state index in [1.165, 1.54) is 26.2 Å². The highest BCUT2D eigenvalue weighted by Crippen LogP contribution is 2.23. The predicted molar refractivity (Wildman–Crippen MR) is 79.1 cm³/mol. The molecule has 0 heterocycles. The standard InChI is InChI=1S/C17H15FO4/c1-11(20)15-5-4-14(8-16(15)18)22-10-13-7-12(9-19)3-6-17(13)21-2/h3-9H,10H2,1-2H3. The van der Waals surface area contributed by atoms with Gasteiger partial charge in [0.25, 0.3) is 0 Å². The Kier molecular flexibility index (Phi) is 4.88. The average Bonchev–Trinajstić information content (AvgIpc) is 2.52. The predicted octanol–water partition coefficient (Wildman–Crippen LogP) is 3.43. The zero-order valence-corrected chi connectivity index (χ0v) is 12.3. The molecule has 0 atom stereocenters. The van der Waals surface area contributed by atoms with Gasteiger partial charge in [0, 0.05) is 17.2 Å². The van der Waals surface area contributed by atoms with Crippen molar-refractivity contribution < 1.29 is 23.5 Å². The summed E-state index contributed by atoms with van der Waals surface area (Å²) in [6, 6.07) is 9.01. The van der Waals surface area contributed by atoms with Crippen molar-refractivity contribution in [2.75, 3.05) is 7.11 Å². The third kappa shape index (κ3) is 3.49. The van der Waals surface area contributed by atoms with Crippen molar-refractivity contribution in [3.8, 4) is 11.5 Å². The summed E-state index contributed by atoms with van der Waals surface area (Å²) in [7, 11) is 1.51. The van der Waals surface area contributed by atoms with E-state index >= 15 is 0 Å². The number of benzene rings is 2. The summed E-state index contributed by atoms with van der Waals surface area (Å²) in [6.07, 6.45) is 0.726. The van der Waals surface area contributed by atoms with Crippen LogP contribution in [0.5, 0.6) is 11.5 Å². The van der Waals surface area contributed by atoms with Crippen LogP contribution in [0.4, 0.5) is 4.39 Å². The summed E-state index contributed by atoms with van der Waals surface area (Å²) < 4.78 is 24.4. The lowest BCUT2D eigenvalue weighted by Gasteiger charge is -2.11. The highest BCUT2D eigenvalue weighted by molar-refractivity contribution is 5.94. The average molecular weight is 302 g/mol. The number of hydrogen-bond donors (Lipinski definition) is 0. The van der Waals surface area contributed by atoms with Crippen molar-refractivity contribution in [1.82, 2.24) is 0 Å². The number of rotatable bonds is 6. The minimum absolute atomic E-state index is 0.0212. The van der Waals surface area contributed by atoms with Crippen molar-refractivity contribution >= 4 is 12.1 Å². The van der Waals surface area contributed by atoms with E-state index in [2.05, 4.69) is 0 Å². The first kappa shape index (κ1) is 15.7. The van der Waals surface area contributed by atoms with Crippen LogP contribution in [0.25, 0.3) is 0 Å². The second-order valence-corrected chi connectivity index (χ2v) is 4.68. The third-order valence-corrected chi connectivity index (χ3v) is 3.15. The first-order chi connectivity index (χ1) is 10.5. The van der Waals surface area contributed by atoms with Gasteiger partial charge in [0.2, 0.25) is 0 Å². The number of carbonyl (C=O) groups is 2. The Morgan fingerprint density at radius 2 is 2.00 bits per heavy atom. The molecular formula is C17H15FO4. The molecule has 2 rings (SSSR count). The van der Waals surface area contributed by atoms with E-state index in [9.17, 15) is 14.0 Å². The molecule has 114 valence electrons. The summed E-state index contributed by atoms with van der Waals surface area (Å²) in [5.74, 6) is -0.101. The molecule has 2 aromatic carbocycles. The van der Waals surface area contributed by atoms with E-state index in [4.69, 9.17) is 9.47 Å². The molecule has 0 saturated carbocycles. The Bertz CT molecular complexity index is 710. The molecule has 0 amide bonds. The maximum atomic E-state index is 13.7. The van der Waals surface area contributed by atoms with Crippen LogP contribution < -0.4 is 9.47 Å². The molecule has 0 aromatic heterocycles. The van der Waals surface area contributed by atoms with Gasteiger partial charge in [-0.15, -0.1) is 0 Å². The third-order valence-electron chi connectivity index (χ3n) is 3.15. The van der Waals surface area contributed by atoms with E-state index in [0.717, 1.165) is 12.4 Å². The molecule has 22 heavy (non-hydrogen) atoms. The lowest BCUT2D eigenvalue weighted by atomic mass is 10.1. The zero-order valence-electron chi connectivity index (χ0n) is 12.3. The van der Waals surface area contributed by atoms with Gasteiger partial charge in [-0.25, -0.2) is 4.39 Å². The number of hydrogen-bond acceptors (Lipinski definition) is 4. The molecule has 0 unspecified atom stereocenters. The first-order valence-electron chi connectivity index (χ1n) is 6.60. The van der Waals surface area contributed by atoms with Crippen LogP contribution in [0.3, 0.4) is 0 Å². The van der Waals surface area contributed by atoms with E-state index in [-0.39, 0.29) is 18.0 Å².